The largest absolute Gasteiger partial charge is 0.357 e. The van der Waals surface area contributed by atoms with Gasteiger partial charge in [-0.25, -0.2) is 4.90 Å². The molecule has 2 aliphatic rings. The summed E-state index contributed by atoms with van der Waals surface area (Å²) in [5.41, 5.74) is 2.75. The van der Waals surface area contributed by atoms with Gasteiger partial charge in [0.05, 0.1) is 5.69 Å². The number of aryl methyl sites for hydroxylation is 1. The van der Waals surface area contributed by atoms with Crippen molar-refractivity contribution in [2.24, 2.45) is 11.8 Å². The van der Waals surface area contributed by atoms with Gasteiger partial charge in [-0.05, 0) is 49.3 Å². The van der Waals surface area contributed by atoms with Crippen LogP contribution in [0.5, 0.6) is 0 Å². The second kappa shape index (κ2) is 7.69. The molecule has 4 nitrogen and oxygen atoms in total. The zero-order valence-electron chi connectivity index (χ0n) is 15.8. The Bertz CT molecular complexity index is 739. The Hall–Kier alpha value is -1.40. The van der Waals surface area contributed by atoms with E-state index < -0.39 is 5.25 Å². The molecule has 2 saturated heterocycles. The zero-order valence-corrected chi connectivity index (χ0v) is 17.5. The van der Waals surface area contributed by atoms with E-state index in [1.165, 1.54) is 23.1 Å². The highest BCUT2D eigenvalue weighted by atomic mass is 32.2. The molecule has 0 spiro atoms. The van der Waals surface area contributed by atoms with Gasteiger partial charge in [-0.2, -0.15) is 0 Å². The number of rotatable bonds is 2. The fourth-order valence-electron chi connectivity index (χ4n) is 3.94. The first-order chi connectivity index (χ1) is 12.3. The molecular weight excluding hydrogens is 364 g/mol. The Kier molecular flexibility index (Phi) is 5.72. The van der Waals surface area contributed by atoms with Crippen molar-refractivity contribution in [3.8, 4) is 0 Å². The lowest BCUT2D eigenvalue weighted by molar-refractivity contribution is -0.121. The van der Waals surface area contributed by atoms with E-state index in [0.29, 0.717) is 17.5 Å². The number of thiocarbonyl (C=S) groups is 1. The van der Waals surface area contributed by atoms with E-state index in [4.69, 9.17) is 12.2 Å². The SMILES string of the molecule is Cc1cccc(N2C(=O)C[C@H](SC(=S)N3C[C@@H](C)C[C@H](C)C3)C2=O)c1C. The Morgan fingerprint density at radius 1 is 1.15 bits per heavy atom. The molecule has 2 heterocycles. The number of likely N-dealkylation sites (tertiary alicyclic amines) is 1. The molecule has 0 radical (unpaired) electrons. The van der Waals surface area contributed by atoms with Crippen LogP contribution in [0.3, 0.4) is 0 Å². The van der Waals surface area contributed by atoms with Crippen molar-refractivity contribution in [1.82, 2.24) is 4.90 Å². The number of imide groups is 1. The quantitative estimate of drug-likeness (QED) is 0.565. The van der Waals surface area contributed by atoms with E-state index in [9.17, 15) is 9.59 Å². The van der Waals surface area contributed by atoms with Crippen LogP contribution in [0.4, 0.5) is 5.69 Å². The van der Waals surface area contributed by atoms with E-state index in [0.717, 1.165) is 28.5 Å². The number of anilines is 1. The van der Waals surface area contributed by atoms with E-state index >= 15 is 0 Å². The van der Waals surface area contributed by atoms with Gasteiger partial charge in [0.15, 0.2) is 0 Å². The maximum absolute atomic E-state index is 12.9. The number of carbonyl (C=O) groups is 2. The molecule has 3 atom stereocenters. The van der Waals surface area contributed by atoms with Crippen LogP contribution in [0.2, 0.25) is 0 Å². The van der Waals surface area contributed by atoms with Gasteiger partial charge in [0.2, 0.25) is 11.8 Å². The van der Waals surface area contributed by atoms with Crippen molar-refractivity contribution >= 4 is 45.8 Å². The third kappa shape index (κ3) is 3.81. The lowest BCUT2D eigenvalue weighted by Crippen LogP contribution is -2.41. The second-order valence-electron chi connectivity index (χ2n) is 7.71. The summed E-state index contributed by atoms with van der Waals surface area (Å²) in [6.07, 6.45) is 1.43. The molecule has 2 aliphatic heterocycles. The van der Waals surface area contributed by atoms with Crippen molar-refractivity contribution in [2.75, 3.05) is 18.0 Å². The highest BCUT2D eigenvalue weighted by Crippen LogP contribution is 2.34. The van der Waals surface area contributed by atoms with Crippen molar-refractivity contribution in [3.05, 3.63) is 29.3 Å². The number of nitrogens with zero attached hydrogens (tertiary/aromatic N) is 2. The number of carbonyl (C=O) groups excluding carboxylic acids is 2. The van der Waals surface area contributed by atoms with Gasteiger partial charge in [0.25, 0.3) is 0 Å². The van der Waals surface area contributed by atoms with E-state index in [1.54, 1.807) is 0 Å². The van der Waals surface area contributed by atoms with Crippen LogP contribution in [0, 0.1) is 25.7 Å². The van der Waals surface area contributed by atoms with E-state index in [-0.39, 0.29) is 18.2 Å². The third-order valence-electron chi connectivity index (χ3n) is 5.29. The Morgan fingerprint density at radius 2 is 1.81 bits per heavy atom. The first kappa shape index (κ1) is 19.4. The molecule has 3 rings (SSSR count). The van der Waals surface area contributed by atoms with Crippen LogP contribution < -0.4 is 4.90 Å². The number of amides is 2. The Morgan fingerprint density at radius 3 is 2.46 bits per heavy atom. The number of hydrogen-bond donors (Lipinski definition) is 0. The summed E-state index contributed by atoms with van der Waals surface area (Å²) in [4.78, 5) is 29.0. The topological polar surface area (TPSA) is 40.6 Å². The van der Waals surface area contributed by atoms with E-state index in [1.807, 2.05) is 32.0 Å². The maximum Gasteiger partial charge on any atom is 0.247 e. The minimum Gasteiger partial charge on any atom is -0.357 e. The van der Waals surface area contributed by atoms with Gasteiger partial charge in [0.1, 0.15) is 9.57 Å². The average Bonchev–Trinajstić information content (AvgIpc) is 2.83. The molecule has 0 aromatic heterocycles. The summed E-state index contributed by atoms with van der Waals surface area (Å²) in [7, 11) is 0. The molecule has 26 heavy (non-hydrogen) atoms. The zero-order chi connectivity index (χ0) is 19.0. The summed E-state index contributed by atoms with van der Waals surface area (Å²) in [5.74, 6) is 0.924. The van der Waals surface area contributed by atoms with Crippen LogP contribution in [-0.2, 0) is 9.59 Å². The van der Waals surface area contributed by atoms with Gasteiger partial charge in [-0.1, -0.05) is 50.0 Å². The summed E-state index contributed by atoms with van der Waals surface area (Å²) in [5, 5.41) is -0.414. The first-order valence-corrected chi connectivity index (χ1v) is 10.4. The van der Waals surface area contributed by atoms with Crippen LogP contribution in [0.25, 0.3) is 0 Å². The monoisotopic (exact) mass is 390 g/mol. The summed E-state index contributed by atoms with van der Waals surface area (Å²) in [6, 6.07) is 5.72. The predicted molar refractivity (Wildman–Crippen MR) is 112 cm³/mol. The smallest absolute Gasteiger partial charge is 0.247 e. The predicted octanol–water partition coefficient (Wildman–Crippen LogP) is 3.93. The van der Waals surface area contributed by atoms with Crippen LogP contribution in [0.1, 0.15) is 37.8 Å². The molecule has 0 saturated carbocycles. The Labute approximate surface area is 165 Å². The van der Waals surface area contributed by atoms with Crippen molar-refractivity contribution in [3.63, 3.8) is 0 Å². The average molecular weight is 391 g/mol. The minimum atomic E-state index is -0.414. The summed E-state index contributed by atoms with van der Waals surface area (Å²) < 4.78 is 0.748. The molecule has 6 heteroatoms. The van der Waals surface area contributed by atoms with Crippen molar-refractivity contribution < 1.29 is 9.59 Å². The maximum atomic E-state index is 12.9. The van der Waals surface area contributed by atoms with Crippen LogP contribution in [-0.4, -0.2) is 39.4 Å². The van der Waals surface area contributed by atoms with Crippen LogP contribution in [0.15, 0.2) is 18.2 Å². The van der Waals surface area contributed by atoms with Gasteiger partial charge >= 0.3 is 0 Å². The van der Waals surface area contributed by atoms with Crippen molar-refractivity contribution in [1.29, 1.82) is 0 Å². The normalized spacial score (nSPS) is 26.5. The molecule has 2 amide bonds. The fourth-order valence-corrected chi connectivity index (χ4v) is 5.41. The molecule has 1 aromatic carbocycles. The Balaban J connectivity index is 1.73. The molecule has 0 bridgehead atoms. The molecule has 1 aromatic rings. The molecular formula is C20H26N2O2S2. The third-order valence-corrected chi connectivity index (χ3v) is 6.95. The van der Waals surface area contributed by atoms with Crippen LogP contribution >= 0.6 is 24.0 Å². The highest BCUT2D eigenvalue weighted by Gasteiger charge is 2.42. The minimum absolute atomic E-state index is 0.135. The molecule has 0 unspecified atom stereocenters. The van der Waals surface area contributed by atoms with Gasteiger partial charge in [-0.15, -0.1) is 0 Å². The molecule has 140 valence electrons. The van der Waals surface area contributed by atoms with Crippen molar-refractivity contribution in [2.45, 2.75) is 45.8 Å². The molecule has 0 aliphatic carbocycles. The van der Waals surface area contributed by atoms with E-state index in [2.05, 4.69) is 18.7 Å². The summed E-state index contributed by atoms with van der Waals surface area (Å²) in [6.45, 7) is 10.3. The lowest BCUT2D eigenvalue weighted by atomic mass is 9.92. The lowest BCUT2D eigenvalue weighted by Gasteiger charge is -2.36. The van der Waals surface area contributed by atoms with Gasteiger partial charge in [0, 0.05) is 19.5 Å². The van der Waals surface area contributed by atoms with Gasteiger partial charge in [-0.3, -0.25) is 9.59 Å². The number of benzene rings is 1. The molecule has 2 fully saturated rings. The number of thioether (sulfide) groups is 1. The first-order valence-electron chi connectivity index (χ1n) is 9.16. The summed E-state index contributed by atoms with van der Waals surface area (Å²) >= 11 is 7.00. The second-order valence-corrected chi connectivity index (χ2v) is 9.55. The fraction of sp³-hybridized carbons (Fsp3) is 0.550. The number of piperidine rings is 1. The number of hydrogen-bond acceptors (Lipinski definition) is 4. The van der Waals surface area contributed by atoms with Gasteiger partial charge < -0.3 is 4.90 Å². The standard InChI is InChI=1S/C20H26N2O2S2/c1-12-8-13(2)11-21(10-12)20(25)26-17-9-18(23)22(19(17)24)16-7-5-6-14(3)15(16)4/h5-7,12-13,17H,8-11H2,1-4H3/t12-,13-,17-/m0/s1. The molecule has 0 N–H and O–H groups in total. The highest BCUT2D eigenvalue weighted by molar-refractivity contribution is 8.23.